The fraction of sp³-hybridized carbons (Fsp3) is 0.167. The first kappa shape index (κ1) is 15.0. The van der Waals surface area contributed by atoms with Crippen LogP contribution in [0.1, 0.15) is 24.0 Å². The summed E-state index contributed by atoms with van der Waals surface area (Å²) >= 11 is 3.46. The van der Waals surface area contributed by atoms with Crippen molar-refractivity contribution in [3.8, 4) is 5.75 Å². The predicted octanol–water partition coefficient (Wildman–Crippen LogP) is 3.88. The molecule has 4 heteroatoms. The molecule has 1 aliphatic heterocycles. The van der Waals surface area contributed by atoms with Gasteiger partial charge in [0, 0.05) is 15.6 Å². The minimum absolute atomic E-state index is 0.297. The monoisotopic (exact) mass is 357 g/mol. The number of hydrogen-bond donors (Lipinski definition) is 1. The third-order valence-electron chi connectivity index (χ3n) is 3.74. The van der Waals surface area contributed by atoms with E-state index in [4.69, 9.17) is 10.5 Å². The van der Waals surface area contributed by atoms with E-state index >= 15 is 0 Å². The van der Waals surface area contributed by atoms with Crippen LogP contribution in [0.3, 0.4) is 0 Å². The van der Waals surface area contributed by atoms with Crippen molar-refractivity contribution in [1.29, 1.82) is 0 Å². The molecule has 2 N–H and O–H groups in total. The van der Waals surface area contributed by atoms with Crippen LogP contribution in [0.25, 0.3) is 5.57 Å². The van der Waals surface area contributed by atoms with E-state index in [-0.39, 0.29) is 12.0 Å². The second kappa shape index (κ2) is 6.07. The lowest BCUT2D eigenvalue weighted by molar-refractivity contribution is -0.108. The lowest BCUT2D eigenvalue weighted by atomic mass is 9.83. The topological polar surface area (TPSA) is 52.3 Å². The summed E-state index contributed by atoms with van der Waals surface area (Å²) in [5.74, 6) is 0.954. The molecule has 0 amide bonds. The molecular formula is C18H16BrNO2. The summed E-state index contributed by atoms with van der Waals surface area (Å²) in [6.07, 6.45) is 0.957. The quantitative estimate of drug-likeness (QED) is 0.848. The van der Waals surface area contributed by atoms with Crippen molar-refractivity contribution in [1.82, 2.24) is 0 Å². The highest BCUT2D eigenvalue weighted by atomic mass is 79.9. The smallest absolute Gasteiger partial charge is 0.132 e. The molecule has 2 aromatic carbocycles. The van der Waals surface area contributed by atoms with Crippen LogP contribution >= 0.6 is 15.9 Å². The molecule has 0 aliphatic carbocycles. The zero-order valence-electron chi connectivity index (χ0n) is 12.1. The SMILES string of the molecule is CC(N)C1=C(c2ccccc2)[C@@H](C=O)c2cc(Br)ccc2O1. The molecule has 0 saturated heterocycles. The van der Waals surface area contributed by atoms with Gasteiger partial charge in [0.25, 0.3) is 0 Å². The fourth-order valence-corrected chi connectivity index (χ4v) is 3.14. The first-order valence-electron chi connectivity index (χ1n) is 7.09. The normalized spacial score (nSPS) is 18.4. The molecule has 1 unspecified atom stereocenters. The lowest BCUT2D eigenvalue weighted by Crippen LogP contribution is -2.28. The van der Waals surface area contributed by atoms with Gasteiger partial charge < -0.3 is 15.3 Å². The van der Waals surface area contributed by atoms with E-state index in [0.29, 0.717) is 11.5 Å². The van der Waals surface area contributed by atoms with Gasteiger partial charge in [-0.2, -0.15) is 0 Å². The number of carbonyl (C=O) groups is 1. The number of rotatable bonds is 3. The summed E-state index contributed by atoms with van der Waals surface area (Å²) in [6.45, 7) is 1.87. The molecule has 0 aromatic heterocycles. The van der Waals surface area contributed by atoms with E-state index in [1.165, 1.54) is 0 Å². The summed E-state index contributed by atoms with van der Waals surface area (Å²) in [5, 5.41) is 0. The van der Waals surface area contributed by atoms with E-state index in [9.17, 15) is 4.79 Å². The molecule has 2 aromatic rings. The number of fused-ring (bicyclic) bond motifs is 1. The van der Waals surface area contributed by atoms with Crippen LogP contribution in [-0.4, -0.2) is 12.3 Å². The van der Waals surface area contributed by atoms with Crippen molar-refractivity contribution < 1.29 is 9.53 Å². The Balaban J connectivity index is 2.23. The average Bonchev–Trinajstić information content (AvgIpc) is 2.53. The first-order valence-corrected chi connectivity index (χ1v) is 7.88. The molecule has 3 nitrogen and oxygen atoms in total. The molecular weight excluding hydrogens is 342 g/mol. The van der Waals surface area contributed by atoms with Gasteiger partial charge in [-0.1, -0.05) is 46.3 Å². The highest BCUT2D eigenvalue weighted by molar-refractivity contribution is 9.10. The molecule has 1 heterocycles. The summed E-state index contributed by atoms with van der Waals surface area (Å²) in [7, 11) is 0. The maximum Gasteiger partial charge on any atom is 0.132 e. The van der Waals surface area contributed by atoms with Gasteiger partial charge in [-0.15, -0.1) is 0 Å². The van der Waals surface area contributed by atoms with E-state index < -0.39 is 0 Å². The van der Waals surface area contributed by atoms with Crippen LogP contribution in [0.15, 0.2) is 58.8 Å². The van der Waals surface area contributed by atoms with Crippen LogP contribution in [-0.2, 0) is 4.79 Å². The van der Waals surface area contributed by atoms with Crippen LogP contribution in [0.2, 0.25) is 0 Å². The molecule has 0 fully saturated rings. The van der Waals surface area contributed by atoms with Gasteiger partial charge in [-0.3, -0.25) is 0 Å². The molecule has 112 valence electrons. The highest BCUT2D eigenvalue weighted by Gasteiger charge is 2.31. The molecule has 22 heavy (non-hydrogen) atoms. The van der Waals surface area contributed by atoms with Crippen molar-refractivity contribution in [2.24, 2.45) is 5.73 Å². The number of halogens is 1. The Hall–Kier alpha value is -1.91. The van der Waals surface area contributed by atoms with E-state index in [0.717, 1.165) is 27.5 Å². The van der Waals surface area contributed by atoms with Gasteiger partial charge in [-0.25, -0.2) is 0 Å². The maximum atomic E-state index is 11.8. The molecule has 0 spiro atoms. The molecule has 0 radical (unpaired) electrons. The minimum atomic E-state index is -0.385. The number of hydrogen-bond acceptors (Lipinski definition) is 3. The van der Waals surface area contributed by atoms with Gasteiger partial charge in [0.15, 0.2) is 0 Å². The number of carbonyl (C=O) groups excluding carboxylic acids is 1. The van der Waals surface area contributed by atoms with Crippen molar-refractivity contribution >= 4 is 27.8 Å². The van der Waals surface area contributed by atoms with E-state index in [1.807, 2.05) is 55.5 Å². The number of allylic oxidation sites excluding steroid dienone is 1. The summed E-state index contributed by atoms with van der Waals surface area (Å²) in [4.78, 5) is 11.8. The number of benzene rings is 2. The largest absolute Gasteiger partial charge is 0.459 e. The second-order valence-corrected chi connectivity index (χ2v) is 6.25. The number of ether oxygens (including phenoxy) is 1. The van der Waals surface area contributed by atoms with Crippen LogP contribution in [0.5, 0.6) is 5.75 Å². The average molecular weight is 358 g/mol. The van der Waals surface area contributed by atoms with E-state index in [2.05, 4.69) is 15.9 Å². The van der Waals surface area contributed by atoms with Crippen LogP contribution < -0.4 is 10.5 Å². The summed E-state index contributed by atoms with van der Waals surface area (Å²) in [6, 6.07) is 15.2. The molecule has 2 atom stereocenters. The van der Waals surface area contributed by atoms with Crippen molar-refractivity contribution in [3.63, 3.8) is 0 Å². The van der Waals surface area contributed by atoms with Gasteiger partial charge in [0.05, 0.1) is 12.0 Å². The van der Waals surface area contributed by atoms with Gasteiger partial charge in [-0.05, 0) is 30.7 Å². The Morgan fingerprint density at radius 2 is 1.95 bits per heavy atom. The molecule has 0 saturated carbocycles. The minimum Gasteiger partial charge on any atom is -0.459 e. The summed E-state index contributed by atoms with van der Waals surface area (Å²) < 4.78 is 6.94. The molecule has 3 rings (SSSR count). The zero-order chi connectivity index (χ0) is 15.7. The van der Waals surface area contributed by atoms with Crippen molar-refractivity contribution in [2.75, 3.05) is 0 Å². The Bertz CT molecular complexity index is 738. The first-order chi connectivity index (χ1) is 10.6. The van der Waals surface area contributed by atoms with Crippen LogP contribution in [0.4, 0.5) is 0 Å². The Labute approximate surface area is 137 Å². The van der Waals surface area contributed by atoms with Gasteiger partial charge >= 0.3 is 0 Å². The fourth-order valence-electron chi connectivity index (χ4n) is 2.76. The Morgan fingerprint density at radius 3 is 2.59 bits per heavy atom. The highest BCUT2D eigenvalue weighted by Crippen LogP contribution is 2.44. The van der Waals surface area contributed by atoms with Gasteiger partial charge in [0.2, 0.25) is 0 Å². The third kappa shape index (κ3) is 2.60. The summed E-state index contributed by atoms with van der Waals surface area (Å²) in [5.41, 5.74) is 8.74. The lowest BCUT2D eigenvalue weighted by Gasteiger charge is -2.30. The zero-order valence-corrected chi connectivity index (χ0v) is 13.7. The predicted molar refractivity (Wildman–Crippen MR) is 90.6 cm³/mol. The van der Waals surface area contributed by atoms with Gasteiger partial charge in [0.1, 0.15) is 17.8 Å². The third-order valence-corrected chi connectivity index (χ3v) is 4.23. The van der Waals surface area contributed by atoms with Crippen LogP contribution in [0, 0.1) is 0 Å². The standard InChI is InChI=1S/C18H16BrNO2/c1-11(20)18-17(12-5-3-2-4-6-12)15(10-21)14-9-13(19)7-8-16(14)22-18/h2-11,15H,20H2,1H3/t11?,15-/m0/s1. The maximum absolute atomic E-state index is 11.8. The number of nitrogens with two attached hydrogens (primary N) is 1. The second-order valence-electron chi connectivity index (χ2n) is 5.33. The Morgan fingerprint density at radius 1 is 1.23 bits per heavy atom. The Kier molecular flexibility index (Phi) is 4.14. The van der Waals surface area contributed by atoms with Crippen molar-refractivity contribution in [3.05, 3.63) is 69.9 Å². The van der Waals surface area contributed by atoms with Crippen molar-refractivity contribution in [2.45, 2.75) is 18.9 Å². The molecule has 0 bridgehead atoms. The van der Waals surface area contributed by atoms with E-state index in [1.54, 1.807) is 0 Å². The molecule has 1 aliphatic rings. The number of aldehydes is 1.